The van der Waals surface area contributed by atoms with Gasteiger partial charge in [0.15, 0.2) is 0 Å². The van der Waals surface area contributed by atoms with Crippen molar-refractivity contribution >= 4 is 22.5 Å². The van der Waals surface area contributed by atoms with Crippen LogP contribution in [0.3, 0.4) is 0 Å². The van der Waals surface area contributed by atoms with Gasteiger partial charge in [0.25, 0.3) is 0 Å². The zero-order chi connectivity index (χ0) is 20.2. The topological polar surface area (TPSA) is 102 Å². The number of aromatic nitrogens is 4. The normalized spacial score (nSPS) is 10.8. The van der Waals surface area contributed by atoms with Gasteiger partial charge in [0.1, 0.15) is 5.75 Å². The summed E-state index contributed by atoms with van der Waals surface area (Å²) < 4.78 is 7.29. The molecule has 8 nitrogen and oxygen atoms in total. The van der Waals surface area contributed by atoms with Crippen molar-refractivity contribution in [1.29, 1.82) is 0 Å². The van der Waals surface area contributed by atoms with Crippen LogP contribution in [0.25, 0.3) is 10.9 Å². The molecular weight excluding hydrogens is 370 g/mol. The Morgan fingerprint density at radius 1 is 1.17 bits per heavy atom. The van der Waals surface area contributed by atoms with Gasteiger partial charge in [-0.2, -0.15) is 5.10 Å². The van der Waals surface area contributed by atoms with Crippen molar-refractivity contribution in [1.82, 2.24) is 20.0 Å². The summed E-state index contributed by atoms with van der Waals surface area (Å²) in [5.74, 6) is 0.963. The Hall–Kier alpha value is -3.94. The van der Waals surface area contributed by atoms with Crippen molar-refractivity contribution < 1.29 is 9.53 Å². The fourth-order valence-corrected chi connectivity index (χ4v) is 2.94. The van der Waals surface area contributed by atoms with Crippen LogP contribution in [0.1, 0.15) is 12.1 Å². The molecule has 0 saturated carbocycles. The van der Waals surface area contributed by atoms with Crippen LogP contribution in [0.15, 0.2) is 65.6 Å². The second-order valence-electron chi connectivity index (χ2n) is 6.56. The van der Waals surface area contributed by atoms with Crippen LogP contribution in [0.5, 0.6) is 11.6 Å². The predicted octanol–water partition coefficient (Wildman–Crippen LogP) is 3.25. The standard InChI is InChI=1S/C21H19N5O3/c1-14-12-21(25-24-14)29-16-8-6-15(7-9-16)23-20(28)10-11-26-18-5-3-2-4-17(18)19(27)13-22-26/h2-9,12-13H,10-11H2,1H3,(H,23,28)(H,24,25). The molecule has 0 radical (unpaired) electrons. The van der Waals surface area contributed by atoms with Gasteiger partial charge < -0.3 is 10.1 Å². The zero-order valence-electron chi connectivity index (χ0n) is 15.8. The van der Waals surface area contributed by atoms with Gasteiger partial charge >= 0.3 is 0 Å². The van der Waals surface area contributed by atoms with Gasteiger partial charge in [0, 0.05) is 29.3 Å². The van der Waals surface area contributed by atoms with E-state index in [0.29, 0.717) is 34.8 Å². The highest BCUT2D eigenvalue weighted by Crippen LogP contribution is 2.22. The quantitative estimate of drug-likeness (QED) is 0.527. The molecule has 8 heteroatoms. The summed E-state index contributed by atoms with van der Waals surface area (Å²) in [6.07, 6.45) is 1.50. The van der Waals surface area contributed by atoms with Crippen LogP contribution in [0.4, 0.5) is 5.69 Å². The Morgan fingerprint density at radius 2 is 1.97 bits per heavy atom. The Bertz CT molecular complexity index is 1210. The molecule has 2 aromatic heterocycles. The Morgan fingerprint density at radius 3 is 2.72 bits per heavy atom. The van der Waals surface area contributed by atoms with Crippen LogP contribution < -0.4 is 15.5 Å². The summed E-state index contributed by atoms with van der Waals surface area (Å²) in [4.78, 5) is 24.2. The second kappa shape index (κ2) is 7.97. The van der Waals surface area contributed by atoms with Crippen LogP contribution in [-0.4, -0.2) is 25.9 Å². The number of H-pyrrole nitrogens is 1. The molecule has 2 aromatic carbocycles. The molecule has 0 bridgehead atoms. The van der Waals surface area contributed by atoms with E-state index in [1.165, 1.54) is 6.20 Å². The number of rotatable bonds is 6. The van der Waals surface area contributed by atoms with Gasteiger partial charge in [-0.3, -0.25) is 19.4 Å². The number of hydrogen-bond acceptors (Lipinski definition) is 5. The number of anilines is 1. The second-order valence-corrected chi connectivity index (χ2v) is 6.56. The first-order valence-corrected chi connectivity index (χ1v) is 9.13. The first-order chi connectivity index (χ1) is 14.1. The number of hydrogen-bond donors (Lipinski definition) is 2. The number of carbonyl (C=O) groups excluding carboxylic acids is 1. The van der Waals surface area contributed by atoms with Crippen molar-refractivity contribution in [3.8, 4) is 11.6 Å². The van der Waals surface area contributed by atoms with E-state index < -0.39 is 0 Å². The number of nitrogens with zero attached hydrogens (tertiary/aromatic N) is 3. The third-order valence-corrected chi connectivity index (χ3v) is 4.36. The summed E-state index contributed by atoms with van der Waals surface area (Å²) in [6, 6.07) is 16.1. The minimum atomic E-state index is -0.147. The van der Waals surface area contributed by atoms with Crippen molar-refractivity contribution in [2.24, 2.45) is 0 Å². The summed E-state index contributed by atoms with van der Waals surface area (Å²) in [5.41, 5.74) is 2.16. The molecule has 2 heterocycles. The number of aromatic amines is 1. The molecule has 0 fully saturated rings. The SMILES string of the molecule is Cc1cc(Oc2ccc(NC(=O)CCn3ncc(=O)c4ccccc43)cc2)n[nH]1. The van der Waals surface area contributed by atoms with E-state index in [1.54, 1.807) is 47.1 Å². The van der Waals surface area contributed by atoms with E-state index >= 15 is 0 Å². The molecule has 0 unspecified atom stereocenters. The van der Waals surface area contributed by atoms with Crippen molar-refractivity contribution in [2.45, 2.75) is 19.9 Å². The van der Waals surface area contributed by atoms with Gasteiger partial charge in [0.2, 0.25) is 17.2 Å². The van der Waals surface area contributed by atoms with Crippen LogP contribution in [0, 0.1) is 6.92 Å². The maximum absolute atomic E-state index is 12.3. The average Bonchev–Trinajstić information content (AvgIpc) is 3.14. The first kappa shape index (κ1) is 18.4. The molecule has 1 amide bonds. The highest BCUT2D eigenvalue weighted by molar-refractivity contribution is 5.90. The smallest absolute Gasteiger partial charge is 0.238 e. The fourth-order valence-electron chi connectivity index (χ4n) is 2.94. The molecular formula is C21H19N5O3. The monoisotopic (exact) mass is 389 g/mol. The van der Waals surface area contributed by atoms with Crippen molar-refractivity contribution in [3.63, 3.8) is 0 Å². The largest absolute Gasteiger partial charge is 0.438 e. The lowest BCUT2D eigenvalue weighted by molar-refractivity contribution is -0.116. The number of para-hydroxylation sites is 1. The lowest BCUT2D eigenvalue weighted by Crippen LogP contribution is -2.18. The Labute approximate surface area is 166 Å². The molecule has 4 rings (SSSR count). The molecule has 4 aromatic rings. The van der Waals surface area contributed by atoms with E-state index in [4.69, 9.17) is 4.74 Å². The van der Waals surface area contributed by atoms with E-state index in [0.717, 1.165) is 5.69 Å². The number of aryl methyl sites for hydroxylation is 2. The molecule has 146 valence electrons. The average molecular weight is 389 g/mol. The van der Waals surface area contributed by atoms with Crippen molar-refractivity contribution in [3.05, 3.63) is 76.7 Å². The van der Waals surface area contributed by atoms with Gasteiger partial charge in [-0.15, -0.1) is 5.10 Å². The highest BCUT2D eigenvalue weighted by Gasteiger charge is 2.07. The van der Waals surface area contributed by atoms with Crippen molar-refractivity contribution in [2.75, 3.05) is 5.32 Å². The van der Waals surface area contributed by atoms with Gasteiger partial charge in [-0.1, -0.05) is 12.1 Å². The molecule has 0 aliphatic heterocycles. The maximum atomic E-state index is 12.3. The molecule has 2 N–H and O–H groups in total. The molecule has 0 aliphatic rings. The van der Waals surface area contributed by atoms with Crippen LogP contribution >= 0.6 is 0 Å². The number of benzene rings is 2. The number of fused-ring (bicyclic) bond motifs is 1. The van der Waals surface area contributed by atoms with Crippen LogP contribution in [-0.2, 0) is 11.3 Å². The molecule has 0 saturated heterocycles. The minimum Gasteiger partial charge on any atom is -0.438 e. The first-order valence-electron chi connectivity index (χ1n) is 9.13. The summed E-state index contributed by atoms with van der Waals surface area (Å²) in [5, 5.41) is 14.4. The maximum Gasteiger partial charge on any atom is 0.238 e. The number of carbonyl (C=O) groups is 1. The van der Waals surface area contributed by atoms with Gasteiger partial charge in [-0.05, 0) is 43.3 Å². The van der Waals surface area contributed by atoms with E-state index in [1.807, 2.05) is 19.1 Å². The summed E-state index contributed by atoms with van der Waals surface area (Å²) in [7, 11) is 0. The third kappa shape index (κ3) is 4.32. The summed E-state index contributed by atoms with van der Waals surface area (Å²) >= 11 is 0. The molecule has 0 aliphatic carbocycles. The Kier molecular flexibility index (Phi) is 5.07. The van der Waals surface area contributed by atoms with Crippen LogP contribution in [0.2, 0.25) is 0 Å². The van der Waals surface area contributed by atoms with Gasteiger partial charge in [0.05, 0.1) is 18.3 Å². The lowest BCUT2D eigenvalue weighted by atomic mass is 10.2. The van der Waals surface area contributed by atoms with Gasteiger partial charge in [-0.25, -0.2) is 0 Å². The molecule has 0 spiro atoms. The van der Waals surface area contributed by atoms with E-state index in [9.17, 15) is 9.59 Å². The predicted molar refractivity (Wildman–Crippen MR) is 109 cm³/mol. The highest BCUT2D eigenvalue weighted by atomic mass is 16.5. The Balaban J connectivity index is 1.36. The lowest BCUT2D eigenvalue weighted by Gasteiger charge is -2.10. The van der Waals surface area contributed by atoms with E-state index in [-0.39, 0.29) is 17.8 Å². The van der Waals surface area contributed by atoms with E-state index in [2.05, 4.69) is 20.6 Å². The number of amides is 1. The fraction of sp³-hybridized carbons (Fsp3) is 0.143. The zero-order valence-corrected chi connectivity index (χ0v) is 15.8. The number of nitrogens with one attached hydrogen (secondary N) is 2. The third-order valence-electron chi connectivity index (χ3n) is 4.36. The summed E-state index contributed by atoms with van der Waals surface area (Å²) in [6.45, 7) is 2.26. The molecule has 29 heavy (non-hydrogen) atoms. The number of ether oxygens (including phenoxy) is 1. The minimum absolute atomic E-state index is 0.131. The molecule has 0 atom stereocenters.